The minimum atomic E-state index is -0.496. The van der Waals surface area contributed by atoms with Crippen LogP contribution in [0.3, 0.4) is 0 Å². The molecule has 8 heteroatoms. The molecule has 0 unspecified atom stereocenters. The lowest BCUT2D eigenvalue weighted by atomic mass is 10.1. The van der Waals surface area contributed by atoms with Gasteiger partial charge in [-0.2, -0.15) is 0 Å². The van der Waals surface area contributed by atoms with Gasteiger partial charge in [0.15, 0.2) is 5.13 Å². The third-order valence-corrected chi connectivity index (χ3v) is 5.08. The molecule has 0 aliphatic carbocycles. The molecule has 0 spiro atoms. The van der Waals surface area contributed by atoms with Crippen molar-refractivity contribution in [2.45, 2.75) is 20.8 Å². The molecule has 3 rings (SSSR count). The second-order valence-electron chi connectivity index (χ2n) is 6.00. The first-order valence-electron chi connectivity index (χ1n) is 8.14. The van der Waals surface area contributed by atoms with Gasteiger partial charge < -0.3 is 9.72 Å². The van der Waals surface area contributed by atoms with Gasteiger partial charge >= 0.3 is 5.97 Å². The van der Waals surface area contributed by atoms with E-state index in [1.54, 1.807) is 26.0 Å². The van der Waals surface area contributed by atoms with E-state index in [1.165, 1.54) is 30.6 Å². The molecule has 6 nitrogen and oxygen atoms in total. The molecule has 2 N–H and O–H groups in total. The summed E-state index contributed by atoms with van der Waals surface area (Å²) in [5.74, 6) is -1.21. The summed E-state index contributed by atoms with van der Waals surface area (Å²) < 4.78 is 17.9. The number of hydrogen-bond acceptors (Lipinski definition) is 5. The minimum absolute atomic E-state index is 0.282. The molecule has 2 heterocycles. The fourth-order valence-electron chi connectivity index (χ4n) is 2.87. The number of H-pyrrole nitrogens is 1. The summed E-state index contributed by atoms with van der Waals surface area (Å²) in [6.07, 6.45) is 0. The molecule has 140 valence electrons. The predicted octanol–water partition coefficient (Wildman–Crippen LogP) is 4.24. The van der Waals surface area contributed by atoms with Crippen molar-refractivity contribution < 1.29 is 18.7 Å². The highest BCUT2D eigenvalue weighted by Gasteiger charge is 2.23. The van der Waals surface area contributed by atoms with Crippen LogP contribution in [0.1, 0.15) is 37.0 Å². The van der Waals surface area contributed by atoms with Crippen LogP contribution < -0.4 is 5.32 Å². The number of anilines is 1. The van der Waals surface area contributed by atoms with Crippen LogP contribution in [0, 0.1) is 26.6 Å². The fraction of sp³-hybridized carbons (Fsp3) is 0.211. The topological polar surface area (TPSA) is 84.1 Å². The average molecular weight is 387 g/mol. The zero-order valence-corrected chi connectivity index (χ0v) is 16.1. The second kappa shape index (κ2) is 7.32. The van der Waals surface area contributed by atoms with Crippen LogP contribution in [0.15, 0.2) is 24.3 Å². The van der Waals surface area contributed by atoms with Gasteiger partial charge in [0.05, 0.1) is 18.4 Å². The number of carbonyl (C=O) groups is 2. The van der Waals surface area contributed by atoms with Crippen molar-refractivity contribution in [2.24, 2.45) is 0 Å². The van der Waals surface area contributed by atoms with Crippen molar-refractivity contribution in [1.82, 2.24) is 9.97 Å². The van der Waals surface area contributed by atoms with Crippen molar-refractivity contribution in [1.29, 1.82) is 0 Å². The standard InChI is InChI=1S/C19H18FN3O3S/c1-9-14(18(25)26-4)10(2)21-15(9)17(24)23-19-22-16(11(3)27-19)12-5-7-13(20)8-6-12/h5-8,21H,1-4H3,(H,22,23,24). The molecule has 0 radical (unpaired) electrons. The van der Waals surface area contributed by atoms with E-state index in [9.17, 15) is 14.0 Å². The number of amides is 1. The summed E-state index contributed by atoms with van der Waals surface area (Å²) in [4.78, 5) is 32.8. The first kappa shape index (κ1) is 18.8. The van der Waals surface area contributed by atoms with Gasteiger partial charge in [-0.1, -0.05) is 0 Å². The molecule has 27 heavy (non-hydrogen) atoms. The SMILES string of the molecule is COC(=O)c1c(C)[nH]c(C(=O)Nc2nc(-c3ccc(F)cc3)c(C)s2)c1C. The molecule has 1 aromatic carbocycles. The number of rotatable bonds is 4. The highest BCUT2D eigenvalue weighted by molar-refractivity contribution is 7.16. The Morgan fingerprint density at radius 1 is 1.19 bits per heavy atom. The number of esters is 1. The Bertz CT molecular complexity index is 1020. The van der Waals surface area contributed by atoms with Gasteiger partial charge in [-0.15, -0.1) is 11.3 Å². The predicted molar refractivity (Wildman–Crippen MR) is 102 cm³/mol. The number of methoxy groups -OCH3 is 1. The van der Waals surface area contributed by atoms with E-state index in [0.717, 1.165) is 10.4 Å². The van der Waals surface area contributed by atoms with Crippen LogP contribution in [0.2, 0.25) is 0 Å². The lowest BCUT2D eigenvalue weighted by Crippen LogP contribution is -2.14. The lowest BCUT2D eigenvalue weighted by molar-refractivity contribution is 0.0599. The van der Waals surface area contributed by atoms with E-state index >= 15 is 0 Å². The van der Waals surface area contributed by atoms with E-state index < -0.39 is 11.9 Å². The van der Waals surface area contributed by atoms with E-state index in [2.05, 4.69) is 15.3 Å². The highest BCUT2D eigenvalue weighted by Crippen LogP contribution is 2.31. The minimum Gasteiger partial charge on any atom is -0.465 e. The molecule has 0 saturated carbocycles. The van der Waals surface area contributed by atoms with Gasteiger partial charge in [-0.25, -0.2) is 14.2 Å². The maximum Gasteiger partial charge on any atom is 0.339 e. The smallest absolute Gasteiger partial charge is 0.339 e. The maximum atomic E-state index is 13.1. The normalized spacial score (nSPS) is 10.7. The first-order chi connectivity index (χ1) is 12.8. The molecule has 0 bridgehead atoms. The zero-order valence-electron chi connectivity index (χ0n) is 15.3. The lowest BCUT2D eigenvalue weighted by Gasteiger charge is -2.02. The van der Waals surface area contributed by atoms with Gasteiger partial charge in [0.2, 0.25) is 0 Å². The van der Waals surface area contributed by atoms with Gasteiger partial charge in [0.1, 0.15) is 11.5 Å². The highest BCUT2D eigenvalue weighted by atomic mass is 32.1. The number of hydrogen-bond donors (Lipinski definition) is 2. The van der Waals surface area contributed by atoms with Crippen molar-refractivity contribution >= 4 is 28.3 Å². The number of nitrogens with one attached hydrogen (secondary N) is 2. The Morgan fingerprint density at radius 2 is 1.85 bits per heavy atom. The Balaban J connectivity index is 1.86. The van der Waals surface area contributed by atoms with Crippen LogP contribution in [0.4, 0.5) is 9.52 Å². The Labute approximate surface area is 159 Å². The third kappa shape index (κ3) is 3.61. The molecule has 0 saturated heterocycles. The molecular weight excluding hydrogens is 369 g/mol. The van der Waals surface area contributed by atoms with Gasteiger partial charge in [-0.3, -0.25) is 10.1 Å². The third-order valence-electron chi connectivity index (χ3n) is 4.19. The van der Waals surface area contributed by atoms with E-state index in [-0.39, 0.29) is 11.5 Å². The number of carbonyl (C=O) groups excluding carboxylic acids is 2. The van der Waals surface area contributed by atoms with E-state index in [4.69, 9.17) is 4.74 Å². The summed E-state index contributed by atoms with van der Waals surface area (Å²) in [6.45, 7) is 5.27. The number of aromatic amines is 1. The number of benzene rings is 1. The summed E-state index contributed by atoms with van der Waals surface area (Å²) >= 11 is 1.32. The zero-order chi connectivity index (χ0) is 19.7. The van der Waals surface area contributed by atoms with Gasteiger partial charge in [0.25, 0.3) is 5.91 Å². The number of aromatic nitrogens is 2. The van der Waals surface area contributed by atoms with E-state index in [1.807, 2.05) is 6.92 Å². The number of ether oxygens (including phenoxy) is 1. The van der Waals surface area contributed by atoms with Crippen LogP contribution in [0.25, 0.3) is 11.3 Å². The molecule has 2 aromatic heterocycles. The number of aryl methyl sites for hydroxylation is 2. The van der Waals surface area contributed by atoms with Crippen molar-refractivity contribution in [3.8, 4) is 11.3 Å². The average Bonchev–Trinajstić information content (AvgIpc) is 3.14. The molecule has 0 aliphatic heterocycles. The first-order valence-corrected chi connectivity index (χ1v) is 8.95. The fourth-order valence-corrected chi connectivity index (χ4v) is 3.70. The summed E-state index contributed by atoms with van der Waals surface area (Å²) in [5, 5.41) is 3.17. The summed E-state index contributed by atoms with van der Waals surface area (Å²) in [5.41, 5.74) is 3.17. The van der Waals surface area contributed by atoms with E-state index in [0.29, 0.717) is 27.6 Å². The molecular formula is C19H18FN3O3S. The molecule has 1 amide bonds. The molecule has 0 fully saturated rings. The molecule has 3 aromatic rings. The molecule has 0 aliphatic rings. The summed E-state index contributed by atoms with van der Waals surface area (Å²) in [6, 6.07) is 6.02. The van der Waals surface area contributed by atoms with Crippen LogP contribution in [0.5, 0.6) is 0 Å². The van der Waals surface area contributed by atoms with Crippen LogP contribution in [-0.4, -0.2) is 29.0 Å². The van der Waals surface area contributed by atoms with Crippen LogP contribution >= 0.6 is 11.3 Å². The van der Waals surface area contributed by atoms with Crippen LogP contribution in [-0.2, 0) is 4.74 Å². The Kier molecular flexibility index (Phi) is 5.09. The van der Waals surface area contributed by atoms with Crippen molar-refractivity contribution in [2.75, 3.05) is 12.4 Å². The Morgan fingerprint density at radius 3 is 2.48 bits per heavy atom. The second-order valence-corrected chi connectivity index (χ2v) is 7.20. The number of halogens is 1. The molecule has 0 atom stereocenters. The number of nitrogens with zero attached hydrogens (tertiary/aromatic N) is 1. The van der Waals surface area contributed by atoms with Crippen molar-refractivity contribution in [3.05, 3.63) is 57.5 Å². The van der Waals surface area contributed by atoms with Gasteiger partial charge in [0, 0.05) is 16.1 Å². The quantitative estimate of drug-likeness (QED) is 0.656. The van der Waals surface area contributed by atoms with Crippen molar-refractivity contribution in [3.63, 3.8) is 0 Å². The maximum absolute atomic E-state index is 13.1. The number of thiazole rings is 1. The summed E-state index contributed by atoms with van der Waals surface area (Å²) in [7, 11) is 1.29. The Hall–Kier alpha value is -3.00. The monoisotopic (exact) mass is 387 g/mol. The van der Waals surface area contributed by atoms with Gasteiger partial charge in [-0.05, 0) is 50.6 Å². The largest absolute Gasteiger partial charge is 0.465 e.